The third kappa shape index (κ3) is 1.81. The molecule has 0 atom stereocenters. The number of hydrogen-bond acceptors (Lipinski definition) is 4. The molecule has 15 heavy (non-hydrogen) atoms. The molecule has 0 aliphatic heterocycles. The van der Waals surface area contributed by atoms with Gasteiger partial charge in [-0.2, -0.15) is 5.10 Å². The summed E-state index contributed by atoms with van der Waals surface area (Å²) in [5.74, 6) is -0.434. The van der Waals surface area contributed by atoms with Crippen LogP contribution in [0.4, 0.5) is 0 Å². The van der Waals surface area contributed by atoms with E-state index < -0.39 is 5.97 Å². The summed E-state index contributed by atoms with van der Waals surface area (Å²) in [6, 6.07) is 3.46. The monoisotopic (exact) mass is 317 g/mol. The second-order valence-electron chi connectivity index (χ2n) is 3.01. The minimum Gasteiger partial charge on any atom is -0.464 e. The number of esters is 1. The van der Waals surface area contributed by atoms with E-state index in [9.17, 15) is 4.79 Å². The summed E-state index contributed by atoms with van der Waals surface area (Å²) in [5.41, 5.74) is 1.81. The first kappa shape index (κ1) is 10.3. The zero-order chi connectivity index (χ0) is 11.0. The van der Waals surface area contributed by atoms with Gasteiger partial charge in [-0.25, -0.2) is 14.3 Å². The van der Waals surface area contributed by atoms with Gasteiger partial charge in [-0.15, -0.1) is 0 Å². The van der Waals surface area contributed by atoms with Gasteiger partial charge in [0.25, 0.3) is 0 Å². The van der Waals surface area contributed by atoms with Crippen molar-refractivity contribution in [2.45, 2.75) is 6.92 Å². The Hall–Kier alpha value is -1.18. The molecule has 0 aliphatic rings. The van der Waals surface area contributed by atoms with Gasteiger partial charge in [0.15, 0.2) is 11.3 Å². The number of aryl methyl sites for hydroxylation is 1. The molecule has 6 heteroatoms. The second kappa shape index (κ2) is 3.76. The third-order valence-electron chi connectivity index (χ3n) is 1.97. The quantitative estimate of drug-likeness (QED) is 0.590. The Morgan fingerprint density at radius 1 is 1.53 bits per heavy atom. The van der Waals surface area contributed by atoms with Crippen molar-refractivity contribution in [3.63, 3.8) is 0 Å². The van der Waals surface area contributed by atoms with Crippen LogP contribution in [0.15, 0.2) is 12.1 Å². The molecule has 0 aliphatic carbocycles. The molecule has 2 aromatic rings. The maximum Gasteiger partial charge on any atom is 0.356 e. The maximum absolute atomic E-state index is 11.3. The highest BCUT2D eigenvalue weighted by atomic mass is 127. The Morgan fingerprint density at radius 3 is 2.93 bits per heavy atom. The van der Waals surface area contributed by atoms with E-state index in [1.807, 2.05) is 6.92 Å². The Morgan fingerprint density at radius 2 is 2.27 bits per heavy atom. The molecular weight excluding hydrogens is 309 g/mol. The molecular formula is C9H8IN3O2. The number of ether oxygens (including phenoxy) is 1. The summed E-state index contributed by atoms with van der Waals surface area (Å²) in [7, 11) is 1.34. The predicted molar refractivity (Wildman–Crippen MR) is 61.8 cm³/mol. The number of aromatic nitrogens is 3. The standard InChI is InChI=1S/C9H8IN3O2/c1-5-3-6(9(14)15-2)11-8-4-7(10)12-13(5)8/h3-4H,1-2H3. The zero-order valence-electron chi connectivity index (χ0n) is 8.19. The minimum absolute atomic E-state index is 0.304. The van der Waals surface area contributed by atoms with Crippen LogP contribution in [-0.2, 0) is 4.74 Å². The van der Waals surface area contributed by atoms with Crippen LogP contribution in [0.25, 0.3) is 5.65 Å². The van der Waals surface area contributed by atoms with E-state index in [1.54, 1.807) is 16.6 Å². The molecule has 0 fully saturated rings. The molecule has 0 unspecified atom stereocenters. The van der Waals surface area contributed by atoms with Gasteiger partial charge in [0.05, 0.1) is 7.11 Å². The maximum atomic E-state index is 11.3. The van der Waals surface area contributed by atoms with E-state index in [0.29, 0.717) is 11.3 Å². The summed E-state index contributed by atoms with van der Waals surface area (Å²) in [5, 5.41) is 4.23. The van der Waals surface area contributed by atoms with Crippen molar-refractivity contribution in [2.75, 3.05) is 7.11 Å². The fraction of sp³-hybridized carbons (Fsp3) is 0.222. The molecule has 5 nitrogen and oxygen atoms in total. The molecule has 0 bridgehead atoms. The van der Waals surface area contributed by atoms with E-state index in [1.165, 1.54) is 7.11 Å². The van der Waals surface area contributed by atoms with Crippen LogP contribution in [0, 0.1) is 10.6 Å². The Labute approximate surface area is 99.6 Å². The van der Waals surface area contributed by atoms with Crippen LogP contribution in [0.3, 0.4) is 0 Å². The largest absolute Gasteiger partial charge is 0.464 e. The van der Waals surface area contributed by atoms with Gasteiger partial charge in [-0.05, 0) is 35.6 Å². The van der Waals surface area contributed by atoms with Gasteiger partial charge >= 0.3 is 5.97 Å². The van der Waals surface area contributed by atoms with Gasteiger partial charge in [0.1, 0.15) is 3.70 Å². The topological polar surface area (TPSA) is 56.5 Å². The number of hydrogen-bond donors (Lipinski definition) is 0. The number of fused-ring (bicyclic) bond motifs is 1. The molecule has 2 aromatic heterocycles. The molecule has 0 N–H and O–H groups in total. The fourth-order valence-corrected chi connectivity index (χ4v) is 1.80. The van der Waals surface area contributed by atoms with Crippen molar-refractivity contribution in [1.29, 1.82) is 0 Å². The first-order valence-corrected chi connectivity index (χ1v) is 5.31. The third-order valence-corrected chi connectivity index (χ3v) is 2.50. The van der Waals surface area contributed by atoms with Crippen molar-refractivity contribution in [3.05, 3.63) is 27.2 Å². The van der Waals surface area contributed by atoms with Crippen LogP contribution in [0.2, 0.25) is 0 Å². The summed E-state index contributed by atoms with van der Waals surface area (Å²) in [6.07, 6.45) is 0. The van der Waals surface area contributed by atoms with Gasteiger partial charge in [0.2, 0.25) is 0 Å². The van der Waals surface area contributed by atoms with Crippen molar-refractivity contribution in [1.82, 2.24) is 14.6 Å². The SMILES string of the molecule is COC(=O)c1cc(C)n2nc(I)cc2n1. The summed E-state index contributed by atoms with van der Waals surface area (Å²) in [4.78, 5) is 15.4. The first-order valence-electron chi connectivity index (χ1n) is 4.23. The lowest BCUT2D eigenvalue weighted by Crippen LogP contribution is -2.07. The highest BCUT2D eigenvalue weighted by molar-refractivity contribution is 14.1. The molecule has 0 saturated heterocycles. The number of carbonyl (C=O) groups excluding carboxylic acids is 1. The number of rotatable bonds is 1. The average molecular weight is 317 g/mol. The average Bonchev–Trinajstić information content (AvgIpc) is 2.58. The van der Waals surface area contributed by atoms with Gasteiger partial charge < -0.3 is 4.74 Å². The van der Waals surface area contributed by atoms with Gasteiger partial charge in [0, 0.05) is 11.8 Å². The fourth-order valence-electron chi connectivity index (χ4n) is 1.31. The summed E-state index contributed by atoms with van der Waals surface area (Å²) in [6.45, 7) is 1.87. The number of carbonyl (C=O) groups is 1. The van der Waals surface area contributed by atoms with Gasteiger partial charge in [-0.1, -0.05) is 0 Å². The first-order chi connectivity index (χ1) is 7.11. The smallest absolute Gasteiger partial charge is 0.356 e. The van der Waals surface area contributed by atoms with Crippen molar-refractivity contribution in [3.8, 4) is 0 Å². The second-order valence-corrected chi connectivity index (χ2v) is 4.12. The Kier molecular flexibility index (Phi) is 2.59. The van der Waals surface area contributed by atoms with Crippen LogP contribution in [0.5, 0.6) is 0 Å². The number of nitrogens with zero attached hydrogens (tertiary/aromatic N) is 3. The van der Waals surface area contributed by atoms with E-state index in [-0.39, 0.29) is 0 Å². The molecule has 0 spiro atoms. The van der Waals surface area contributed by atoms with E-state index in [4.69, 9.17) is 0 Å². The van der Waals surface area contributed by atoms with Gasteiger partial charge in [-0.3, -0.25) is 0 Å². The van der Waals surface area contributed by atoms with Crippen LogP contribution >= 0.6 is 22.6 Å². The molecule has 78 valence electrons. The Bertz CT molecular complexity index is 535. The highest BCUT2D eigenvalue weighted by Crippen LogP contribution is 2.11. The lowest BCUT2D eigenvalue weighted by molar-refractivity contribution is 0.0594. The molecule has 0 amide bonds. The van der Waals surface area contributed by atoms with Crippen molar-refractivity contribution >= 4 is 34.2 Å². The van der Waals surface area contributed by atoms with Crippen LogP contribution in [-0.4, -0.2) is 27.7 Å². The van der Waals surface area contributed by atoms with Crippen molar-refractivity contribution in [2.24, 2.45) is 0 Å². The van der Waals surface area contributed by atoms with E-state index >= 15 is 0 Å². The van der Waals surface area contributed by atoms with E-state index in [2.05, 4.69) is 37.4 Å². The van der Waals surface area contributed by atoms with Crippen LogP contribution < -0.4 is 0 Å². The molecule has 0 saturated carbocycles. The summed E-state index contributed by atoms with van der Waals surface area (Å²) >= 11 is 2.10. The molecule has 0 aromatic carbocycles. The molecule has 2 heterocycles. The minimum atomic E-state index is -0.434. The lowest BCUT2D eigenvalue weighted by atomic mass is 10.3. The number of methoxy groups -OCH3 is 1. The van der Waals surface area contributed by atoms with Crippen LogP contribution in [0.1, 0.15) is 16.2 Å². The lowest BCUT2D eigenvalue weighted by Gasteiger charge is -2.02. The van der Waals surface area contributed by atoms with Crippen molar-refractivity contribution < 1.29 is 9.53 Å². The molecule has 2 rings (SSSR count). The Balaban J connectivity index is 2.66. The normalized spacial score (nSPS) is 10.6. The molecule has 0 radical (unpaired) electrons. The number of halogens is 1. The van der Waals surface area contributed by atoms with E-state index in [0.717, 1.165) is 9.39 Å². The highest BCUT2D eigenvalue weighted by Gasteiger charge is 2.11. The summed E-state index contributed by atoms with van der Waals surface area (Å²) < 4.78 is 7.14. The predicted octanol–water partition coefficient (Wildman–Crippen LogP) is 1.43. The zero-order valence-corrected chi connectivity index (χ0v) is 10.3.